The van der Waals surface area contributed by atoms with Gasteiger partial charge >= 0.3 is 0 Å². The molecule has 2 rings (SSSR count). The normalized spacial score (nSPS) is 11.1. The van der Waals surface area contributed by atoms with E-state index >= 15 is 0 Å². The van der Waals surface area contributed by atoms with Gasteiger partial charge in [0.15, 0.2) is 5.65 Å². The fourth-order valence-electron chi connectivity index (χ4n) is 2.97. The van der Waals surface area contributed by atoms with Gasteiger partial charge in [-0.25, -0.2) is 9.66 Å². The Labute approximate surface area is 145 Å². The highest BCUT2D eigenvalue weighted by atomic mass is 32.1. The monoisotopic (exact) mass is 331 g/mol. The van der Waals surface area contributed by atoms with Crippen molar-refractivity contribution >= 4 is 23.3 Å². The molecule has 0 fully saturated rings. The quantitative estimate of drug-likeness (QED) is 0.462. The maximum Gasteiger partial charge on any atom is 0.159 e. The highest BCUT2D eigenvalue weighted by Crippen LogP contribution is 2.17. The average molecular weight is 332 g/mol. The Kier molecular flexibility index (Phi) is 7.03. The van der Waals surface area contributed by atoms with Crippen molar-refractivity contribution in [3.05, 3.63) is 34.6 Å². The zero-order valence-corrected chi connectivity index (χ0v) is 15.5. The molecule has 126 valence electrons. The molecule has 0 aliphatic heterocycles. The van der Waals surface area contributed by atoms with Crippen molar-refractivity contribution in [1.82, 2.24) is 9.66 Å². The molecule has 0 spiro atoms. The number of hydrogen-bond acceptors (Lipinski definition) is 3. The fraction of sp³-hybridized carbons (Fsp3) is 0.579. The first kappa shape index (κ1) is 17.9. The van der Waals surface area contributed by atoms with Crippen molar-refractivity contribution in [1.29, 1.82) is 0 Å². The molecule has 0 aliphatic carbocycles. The van der Waals surface area contributed by atoms with Crippen molar-refractivity contribution in [2.24, 2.45) is 0 Å². The van der Waals surface area contributed by atoms with Gasteiger partial charge in [-0.15, -0.1) is 0 Å². The molecule has 0 saturated carbocycles. The number of aromatic nitrogens is 2. The number of rotatable bonds is 9. The van der Waals surface area contributed by atoms with Gasteiger partial charge in [-0.2, -0.15) is 0 Å². The van der Waals surface area contributed by atoms with Crippen LogP contribution in [0.1, 0.15) is 57.9 Å². The van der Waals surface area contributed by atoms with Gasteiger partial charge in [0.2, 0.25) is 0 Å². The van der Waals surface area contributed by atoms with Crippen LogP contribution in [0.3, 0.4) is 0 Å². The van der Waals surface area contributed by atoms with Crippen molar-refractivity contribution in [2.75, 3.05) is 18.6 Å². The van der Waals surface area contributed by atoms with Crippen molar-refractivity contribution < 1.29 is 0 Å². The van der Waals surface area contributed by atoms with Gasteiger partial charge in [-0.05, 0) is 36.6 Å². The second-order valence-corrected chi connectivity index (χ2v) is 6.59. The summed E-state index contributed by atoms with van der Waals surface area (Å²) in [4.78, 5) is 4.56. The molecule has 0 aromatic carbocycles. The van der Waals surface area contributed by atoms with E-state index in [-0.39, 0.29) is 0 Å². The van der Waals surface area contributed by atoms with Gasteiger partial charge in [0.25, 0.3) is 0 Å². The van der Waals surface area contributed by atoms with E-state index in [9.17, 15) is 0 Å². The number of hydrogen-bond donors (Lipinski definition) is 0. The van der Waals surface area contributed by atoms with E-state index < -0.39 is 0 Å². The first-order valence-corrected chi connectivity index (χ1v) is 9.31. The van der Waals surface area contributed by atoms with Crippen LogP contribution in [0.15, 0.2) is 24.4 Å². The molecule has 0 atom stereocenters. The molecule has 0 unspecified atom stereocenters. The Balaban J connectivity index is 2.14. The second-order valence-electron chi connectivity index (χ2n) is 6.21. The lowest BCUT2D eigenvalue weighted by Crippen LogP contribution is -2.33. The van der Waals surface area contributed by atoms with E-state index in [1.165, 1.54) is 44.1 Å². The van der Waals surface area contributed by atoms with Crippen LogP contribution >= 0.6 is 12.2 Å². The Morgan fingerprint density at radius 3 is 2.61 bits per heavy atom. The van der Waals surface area contributed by atoms with E-state index in [4.69, 9.17) is 12.2 Å². The van der Waals surface area contributed by atoms with Crippen LogP contribution in [0.4, 0.5) is 0 Å². The van der Waals surface area contributed by atoms with Gasteiger partial charge in [0, 0.05) is 25.2 Å². The van der Waals surface area contributed by atoms with Crippen LogP contribution in [0.2, 0.25) is 0 Å². The summed E-state index contributed by atoms with van der Waals surface area (Å²) >= 11 is 5.71. The Morgan fingerprint density at radius 2 is 1.87 bits per heavy atom. The van der Waals surface area contributed by atoms with Crippen LogP contribution < -0.4 is 5.01 Å². The number of aryl methyl sites for hydroxylation is 1. The molecule has 2 aromatic rings. The molecule has 0 bridgehead atoms. The van der Waals surface area contributed by atoms with E-state index in [2.05, 4.69) is 47.7 Å². The topological polar surface area (TPSA) is 21.1 Å². The minimum absolute atomic E-state index is 0.896. The van der Waals surface area contributed by atoms with Gasteiger partial charge in [0.1, 0.15) is 4.64 Å². The van der Waals surface area contributed by atoms with Crippen molar-refractivity contribution in [3.63, 3.8) is 0 Å². The molecule has 2 heterocycles. The minimum atomic E-state index is 0.896. The van der Waals surface area contributed by atoms with Crippen LogP contribution in [0.25, 0.3) is 11.0 Å². The van der Waals surface area contributed by atoms with Crippen molar-refractivity contribution in [2.45, 2.75) is 58.8 Å². The molecule has 0 amide bonds. The van der Waals surface area contributed by atoms with Gasteiger partial charge < -0.3 is 5.01 Å². The molecule has 4 heteroatoms. The SMILES string of the molecule is CCCCCCCCN(C)n1c(=S)c(CC)cc2cccnc21. The largest absolute Gasteiger partial charge is 0.313 e. The molecule has 0 saturated heterocycles. The molecule has 2 aromatic heterocycles. The third kappa shape index (κ3) is 4.54. The maximum absolute atomic E-state index is 5.71. The van der Waals surface area contributed by atoms with Gasteiger partial charge in [0.05, 0.1) is 0 Å². The van der Waals surface area contributed by atoms with E-state index in [0.717, 1.165) is 28.6 Å². The first-order valence-electron chi connectivity index (χ1n) is 8.90. The van der Waals surface area contributed by atoms with Gasteiger partial charge in [-0.3, -0.25) is 0 Å². The van der Waals surface area contributed by atoms with Crippen LogP contribution in [-0.2, 0) is 6.42 Å². The molecule has 0 radical (unpaired) electrons. The number of unbranched alkanes of at least 4 members (excludes halogenated alkanes) is 5. The average Bonchev–Trinajstić information content (AvgIpc) is 2.57. The maximum atomic E-state index is 5.71. The molecule has 0 aliphatic rings. The summed E-state index contributed by atoms with van der Waals surface area (Å²) in [6, 6.07) is 6.29. The standard InChI is InChI=1S/C19H29N3S/c1-4-6-7-8-9-10-14-21(3)22-18-17(12-11-13-20-18)15-16(5-2)19(22)23/h11-13,15H,4-10,14H2,1-3H3. The smallest absolute Gasteiger partial charge is 0.159 e. The summed E-state index contributed by atoms with van der Waals surface area (Å²) in [7, 11) is 2.12. The van der Waals surface area contributed by atoms with E-state index in [0.29, 0.717) is 0 Å². The lowest BCUT2D eigenvalue weighted by Gasteiger charge is -2.25. The predicted octanol–water partition coefficient (Wildman–Crippen LogP) is 5.26. The van der Waals surface area contributed by atoms with E-state index in [1.807, 2.05) is 12.3 Å². The van der Waals surface area contributed by atoms with E-state index in [1.54, 1.807) is 0 Å². The number of pyridine rings is 2. The summed E-state index contributed by atoms with van der Waals surface area (Å²) in [5.41, 5.74) is 2.18. The first-order chi connectivity index (χ1) is 11.2. The minimum Gasteiger partial charge on any atom is -0.313 e. The van der Waals surface area contributed by atoms with Crippen molar-refractivity contribution in [3.8, 4) is 0 Å². The number of nitrogens with zero attached hydrogens (tertiary/aromatic N) is 3. The van der Waals surface area contributed by atoms with Crippen LogP contribution in [0.5, 0.6) is 0 Å². The third-order valence-corrected chi connectivity index (χ3v) is 4.81. The molecule has 3 nitrogen and oxygen atoms in total. The predicted molar refractivity (Wildman–Crippen MR) is 102 cm³/mol. The fourth-order valence-corrected chi connectivity index (χ4v) is 3.40. The second kappa shape index (κ2) is 9.02. The highest BCUT2D eigenvalue weighted by molar-refractivity contribution is 7.71. The summed E-state index contributed by atoms with van der Waals surface area (Å²) in [6.45, 7) is 5.43. The van der Waals surface area contributed by atoms with Gasteiger partial charge in [-0.1, -0.05) is 58.2 Å². The Bertz CT molecular complexity index is 678. The lowest BCUT2D eigenvalue weighted by molar-refractivity contribution is 0.566. The summed E-state index contributed by atoms with van der Waals surface area (Å²) in [5.74, 6) is 0. The molecular formula is C19H29N3S. The summed E-state index contributed by atoms with van der Waals surface area (Å²) < 4.78 is 3.02. The third-order valence-electron chi connectivity index (χ3n) is 4.37. The lowest BCUT2D eigenvalue weighted by atomic mass is 10.1. The van der Waals surface area contributed by atoms with Crippen LogP contribution in [0, 0.1) is 4.64 Å². The molecule has 23 heavy (non-hydrogen) atoms. The Hall–Kier alpha value is -1.42. The molecule has 0 N–H and O–H groups in total. The van der Waals surface area contributed by atoms with Crippen LogP contribution in [-0.4, -0.2) is 23.3 Å². The summed E-state index contributed by atoms with van der Waals surface area (Å²) in [5, 5.41) is 3.39. The number of fused-ring (bicyclic) bond motifs is 1. The Morgan fingerprint density at radius 1 is 1.13 bits per heavy atom. The summed E-state index contributed by atoms with van der Waals surface area (Å²) in [6.07, 6.45) is 10.6. The highest BCUT2D eigenvalue weighted by Gasteiger charge is 2.09. The zero-order valence-electron chi connectivity index (χ0n) is 14.7. The molecular weight excluding hydrogens is 302 g/mol. The zero-order chi connectivity index (χ0) is 16.7.